The van der Waals surface area contributed by atoms with Gasteiger partial charge in [-0.1, -0.05) is 41.7 Å². The van der Waals surface area contributed by atoms with Gasteiger partial charge in [0.2, 0.25) is 0 Å². The van der Waals surface area contributed by atoms with Crippen molar-refractivity contribution in [1.82, 2.24) is 0 Å². The first-order chi connectivity index (χ1) is 13.1. The summed E-state index contributed by atoms with van der Waals surface area (Å²) >= 11 is 12.4. The number of esters is 1. The van der Waals surface area contributed by atoms with Crippen LogP contribution in [0.1, 0.15) is 53.0 Å². The number of rotatable bonds is 8. The monoisotopic (exact) mass is 431 g/mol. The van der Waals surface area contributed by atoms with E-state index in [-0.39, 0.29) is 6.10 Å². The molecule has 1 aliphatic rings. The molecule has 0 spiro atoms. The fraction of sp³-hybridized carbons (Fsp3) is 0.600. The summed E-state index contributed by atoms with van der Waals surface area (Å²) in [5.41, 5.74) is 0.515. The maximum atomic E-state index is 12.3. The number of carbonyl (C=O) groups is 1. The molecular formula is C20H27Cl2NO5. The summed E-state index contributed by atoms with van der Waals surface area (Å²) in [6.07, 6.45) is 0.763. The fourth-order valence-corrected chi connectivity index (χ4v) is 2.80. The zero-order valence-corrected chi connectivity index (χ0v) is 18.4. The predicted octanol–water partition coefficient (Wildman–Crippen LogP) is 5.02. The lowest BCUT2D eigenvalue weighted by Gasteiger charge is -2.23. The van der Waals surface area contributed by atoms with Gasteiger partial charge in [0, 0.05) is 18.2 Å². The second-order valence-electron chi connectivity index (χ2n) is 7.54. The van der Waals surface area contributed by atoms with Crippen molar-refractivity contribution in [3.63, 3.8) is 0 Å². The second kappa shape index (κ2) is 9.81. The van der Waals surface area contributed by atoms with Gasteiger partial charge in [-0.25, -0.2) is 4.79 Å². The zero-order valence-electron chi connectivity index (χ0n) is 16.9. The van der Waals surface area contributed by atoms with E-state index in [9.17, 15) is 4.79 Å². The third-order valence-corrected chi connectivity index (χ3v) is 4.57. The molecule has 0 saturated carbocycles. The minimum absolute atomic E-state index is 0.305. The van der Waals surface area contributed by atoms with Gasteiger partial charge >= 0.3 is 5.97 Å². The van der Waals surface area contributed by atoms with Gasteiger partial charge in [0.25, 0.3) is 0 Å². The van der Waals surface area contributed by atoms with Crippen LogP contribution in [0.4, 0.5) is 0 Å². The molecule has 156 valence electrons. The lowest BCUT2D eigenvalue weighted by molar-refractivity contribution is -0.162. The molecule has 0 N–H and O–H groups in total. The third-order valence-electron chi connectivity index (χ3n) is 3.85. The van der Waals surface area contributed by atoms with Crippen LogP contribution in [-0.4, -0.2) is 42.7 Å². The number of hydrogen-bond donors (Lipinski definition) is 0. The van der Waals surface area contributed by atoms with Crippen molar-refractivity contribution >= 4 is 34.9 Å². The van der Waals surface area contributed by atoms with Crippen LogP contribution in [0.3, 0.4) is 0 Å². The van der Waals surface area contributed by atoms with Gasteiger partial charge in [-0.3, -0.25) is 0 Å². The van der Waals surface area contributed by atoms with E-state index >= 15 is 0 Å². The Labute approximate surface area is 176 Å². The molecule has 2 atom stereocenters. The molecule has 0 saturated heterocycles. The lowest BCUT2D eigenvalue weighted by Crippen LogP contribution is -2.34. The molecule has 28 heavy (non-hydrogen) atoms. The molecule has 8 heteroatoms. The van der Waals surface area contributed by atoms with Crippen molar-refractivity contribution in [1.29, 1.82) is 0 Å². The van der Waals surface area contributed by atoms with E-state index in [2.05, 4.69) is 12.1 Å². The molecule has 6 nitrogen and oxygen atoms in total. The van der Waals surface area contributed by atoms with Crippen LogP contribution >= 0.6 is 23.2 Å². The Morgan fingerprint density at radius 3 is 2.64 bits per heavy atom. The van der Waals surface area contributed by atoms with E-state index < -0.39 is 17.7 Å². The van der Waals surface area contributed by atoms with Crippen LogP contribution in [0, 0.1) is 0 Å². The number of ether oxygens (including phenoxy) is 3. The van der Waals surface area contributed by atoms with Crippen molar-refractivity contribution in [2.75, 3.05) is 13.2 Å². The Morgan fingerprint density at radius 2 is 2.00 bits per heavy atom. The van der Waals surface area contributed by atoms with Crippen molar-refractivity contribution in [2.45, 2.75) is 65.3 Å². The molecule has 1 aromatic rings. The summed E-state index contributed by atoms with van der Waals surface area (Å²) in [5, 5.41) is 4.75. The molecule has 1 unspecified atom stereocenters. The van der Waals surface area contributed by atoms with E-state index in [1.165, 1.54) is 0 Å². The Hall–Kier alpha value is -1.50. The first-order valence-corrected chi connectivity index (χ1v) is 10.1. The van der Waals surface area contributed by atoms with Crippen molar-refractivity contribution in [2.24, 2.45) is 5.16 Å². The minimum atomic E-state index is -0.849. The smallest absolute Gasteiger partial charge is 0.347 e. The SMILES string of the molecule is CCCCOC1CON=C1c1cc(Cl)c(Cl)cc1O[C@@H](C)C(=O)OC(C)(C)C. The average Bonchev–Trinajstić information content (AvgIpc) is 3.05. The number of carbonyl (C=O) groups excluding carboxylic acids is 1. The van der Waals surface area contributed by atoms with Crippen molar-refractivity contribution < 1.29 is 23.8 Å². The summed E-state index contributed by atoms with van der Waals surface area (Å²) in [7, 11) is 0. The van der Waals surface area contributed by atoms with Gasteiger partial charge in [-0.15, -0.1) is 0 Å². The Balaban J connectivity index is 2.25. The molecule has 0 fully saturated rings. The van der Waals surface area contributed by atoms with Gasteiger partial charge in [-0.2, -0.15) is 0 Å². The molecule has 0 bridgehead atoms. The van der Waals surface area contributed by atoms with E-state index in [0.717, 1.165) is 12.8 Å². The molecule has 0 radical (unpaired) electrons. The standard InChI is InChI=1S/C20H27Cl2NO5/c1-6-7-8-25-17-11-26-23-18(17)13-9-14(21)15(22)10-16(13)27-12(2)19(24)28-20(3,4)5/h9-10,12,17H,6-8,11H2,1-5H3/t12-,17?/m0/s1. The highest BCUT2D eigenvalue weighted by Gasteiger charge is 2.30. The molecule has 0 aromatic heterocycles. The highest BCUT2D eigenvalue weighted by molar-refractivity contribution is 6.42. The van der Waals surface area contributed by atoms with Gasteiger partial charge in [0.15, 0.2) is 6.10 Å². The van der Waals surface area contributed by atoms with Crippen LogP contribution in [0.15, 0.2) is 17.3 Å². The van der Waals surface area contributed by atoms with Crippen LogP contribution in [0.25, 0.3) is 0 Å². The molecular weight excluding hydrogens is 405 g/mol. The molecule has 1 heterocycles. The van der Waals surface area contributed by atoms with E-state index in [4.69, 9.17) is 42.3 Å². The molecule has 0 aliphatic carbocycles. The Kier molecular flexibility index (Phi) is 7.98. The average molecular weight is 432 g/mol. The van der Waals surface area contributed by atoms with E-state index in [0.29, 0.717) is 40.3 Å². The number of halogens is 2. The lowest BCUT2D eigenvalue weighted by atomic mass is 10.0. The van der Waals surface area contributed by atoms with E-state index in [1.807, 2.05) is 0 Å². The predicted molar refractivity (Wildman–Crippen MR) is 110 cm³/mol. The summed E-state index contributed by atoms with van der Waals surface area (Å²) < 4.78 is 17.1. The normalized spacial score (nSPS) is 17.7. The zero-order chi connectivity index (χ0) is 20.9. The number of benzene rings is 1. The van der Waals surface area contributed by atoms with Crippen molar-refractivity contribution in [3.05, 3.63) is 27.7 Å². The summed E-state index contributed by atoms with van der Waals surface area (Å²) in [6.45, 7) is 9.99. The first-order valence-electron chi connectivity index (χ1n) is 9.32. The third kappa shape index (κ3) is 6.26. The molecule has 1 aromatic carbocycles. The summed E-state index contributed by atoms with van der Waals surface area (Å²) in [6, 6.07) is 3.20. The van der Waals surface area contributed by atoms with Crippen molar-refractivity contribution in [3.8, 4) is 5.75 Å². The highest BCUT2D eigenvalue weighted by atomic mass is 35.5. The number of unbranched alkanes of at least 4 members (excludes halogenated alkanes) is 1. The number of hydrogen-bond acceptors (Lipinski definition) is 6. The summed E-state index contributed by atoms with van der Waals surface area (Å²) in [5.74, 6) is -0.119. The number of oxime groups is 1. The highest BCUT2D eigenvalue weighted by Crippen LogP contribution is 2.34. The topological polar surface area (TPSA) is 66.3 Å². The van der Waals surface area contributed by atoms with Gasteiger partial charge < -0.3 is 19.0 Å². The second-order valence-corrected chi connectivity index (χ2v) is 8.36. The fourth-order valence-electron chi connectivity index (χ4n) is 2.48. The van der Waals surface area contributed by atoms with Crippen LogP contribution < -0.4 is 4.74 Å². The Bertz CT molecular complexity index is 730. The van der Waals surface area contributed by atoms with Gasteiger partial charge in [-0.05, 0) is 40.2 Å². The van der Waals surface area contributed by atoms with Gasteiger partial charge in [0.1, 0.15) is 29.8 Å². The quantitative estimate of drug-likeness (QED) is 0.426. The van der Waals surface area contributed by atoms with Crippen LogP contribution in [0.5, 0.6) is 5.75 Å². The molecule has 0 amide bonds. The largest absolute Gasteiger partial charge is 0.478 e. The number of nitrogens with zero attached hydrogens (tertiary/aromatic N) is 1. The summed E-state index contributed by atoms with van der Waals surface area (Å²) in [4.78, 5) is 17.5. The van der Waals surface area contributed by atoms with Crippen LogP contribution in [-0.2, 0) is 19.1 Å². The van der Waals surface area contributed by atoms with Gasteiger partial charge in [0.05, 0.1) is 10.0 Å². The van der Waals surface area contributed by atoms with E-state index in [1.54, 1.807) is 39.8 Å². The minimum Gasteiger partial charge on any atom is -0.478 e. The maximum Gasteiger partial charge on any atom is 0.347 e. The maximum absolute atomic E-state index is 12.3. The molecule has 2 rings (SSSR count). The first kappa shape index (κ1) is 22.8. The molecule has 1 aliphatic heterocycles. The van der Waals surface area contributed by atoms with Crippen LogP contribution in [0.2, 0.25) is 10.0 Å². The Morgan fingerprint density at radius 1 is 1.32 bits per heavy atom.